The number of pyridine rings is 1. The summed E-state index contributed by atoms with van der Waals surface area (Å²) in [5, 5.41) is 11.8. The SMILES string of the molecule is C=C/C=C\C=C(/C)C(Nc1cc(-c2c(C)nnn2C)ccc1N)c1ccccn1. The quantitative estimate of drug-likeness (QED) is 0.458. The van der Waals surface area contributed by atoms with E-state index >= 15 is 0 Å². The van der Waals surface area contributed by atoms with Crippen molar-refractivity contribution in [3.05, 3.63) is 90.4 Å². The average molecular weight is 387 g/mol. The van der Waals surface area contributed by atoms with Crippen LogP contribution in [0.3, 0.4) is 0 Å². The third-order valence-corrected chi connectivity index (χ3v) is 4.67. The molecule has 148 valence electrons. The number of hydrogen-bond acceptors (Lipinski definition) is 5. The van der Waals surface area contributed by atoms with Gasteiger partial charge in [-0.05, 0) is 43.7 Å². The number of rotatable bonds is 7. The van der Waals surface area contributed by atoms with Gasteiger partial charge in [0.05, 0.1) is 34.5 Å². The van der Waals surface area contributed by atoms with Gasteiger partial charge >= 0.3 is 0 Å². The van der Waals surface area contributed by atoms with Crippen LogP contribution in [0.15, 0.2) is 79.1 Å². The third-order valence-electron chi connectivity index (χ3n) is 4.67. The van der Waals surface area contributed by atoms with E-state index in [1.807, 2.05) is 68.6 Å². The van der Waals surface area contributed by atoms with Crippen LogP contribution in [0.2, 0.25) is 0 Å². The van der Waals surface area contributed by atoms with Gasteiger partial charge in [0.2, 0.25) is 0 Å². The Morgan fingerprint density at radius 1 is 1.24 bits per heavy atom. The topological polar surface area (TPSA) is 81.7 Å². The number of benzene rings is 1. The number of nitrogens with two attached hydrogens (primary N) is 1. The predicted molar refractivity (Wildman–Crippen MR) is 119 cm³/mol. The Kier molecular flexibility index (Phi) is 6.24. The molecule has 0 saturated carbocycles. The van der Waals surface area contributed by atoms with E-state index in [2.05, 4.69) is 34.1 Å². The number of nitrogens with zero attached hydrogens (tertiary/aromatic N) is 4. The molecule has 0 aliphatic rings. The van der Waals surface area contributed by atoms with E-state index in [4.69, 9.17) is 5.73 Å². The van der Waals surface area contributed by atoms with Crippen molar-refractivity contribution in [3.8, 4) is 11.3 Å². The van der Waals surface area contributed by atoms with Crippen LogP contribution < -0.4 is 11.1 Å². The zero-order valence-corrected chi connectivity index (χ0v) is 17.0. The van der Waals surface area contributed by atoms with Gasteiger partial charge in [0.15, 0.2) is 0 Å². The van der Waals surface area contributed by atoms with Gasteiger partial charge in [0.1, 0.15) is 0 Å². The molecule has 0 fully saturated rings. The molecule has 0 aliphatic heterocycles. The molecule has 0 amide bonds. The third kappa shape index (κ3) is 4.60. The highest BCUT2D eigenvalue weighted by Gasteiger charge is 2.17. The van der Waals surface area contributed by atoms with Gasteiger partial charge in [-0.25, -0.2) is 4.68 Å². The van der Waals surface area contributed by atoms with Crippen molar-refractivity contribution in [2.75, 3.05) is 11.1 Å². The Bertz CT molecular complexity index is 1030. The Balaban J connectivity index is 2.01. The first kappa shape index (κ1) is 20.1. The molecule has 0 spiro atoms. The van der Waals surface area contributed by atoms with E-state index in [0.29, 0.717) is 5.69 Å². The van der Waals surface area contributed by atoms with Crippen LogP contribution in [-0.4, -0.2) is 20.0 Å². The average Bonchev–Trinajstić information content (AvgIpc) is 3.06. The molecule has 1 atom stereocenters. The molecule has 0 radical (unpaired) electrons. The number of nitrogen functional groups attached to an aromatic ring is 1. The Morgan fingerprint density at radius 2 is 2.07 bits per heavy atom. The zero-order chi connectivity index (χ0) is 20.8. The Hall–Kier alpha value is -3.67. The largest absolute Gasteiger partial charge is 0.397 e. The second kappa shape index (κ2) is 9.01. The highest BCUT2D eigenvalue weighted by molar-refractivity contribution is 5.76. The van der Waals surface area contributed by atoms with Crippen molar-refractivity contribution < 1.29 is 0 Å². The summed E-state index contributed by atoms with van der Waals surface area (Å²) < 4.78 is 1.77. The van der Waals surface area contributed by atoms with E-state index in [-0.39, 0.29) is 6.04 Å². The van der Waals surface area contributed by atoms with Gasteiger partial charge in [-0.2, -0.15) is 0 Å². The van der Waals surface area contributed by atoms with Crippen LogP contribution in [-0.2, 0) is 7.05 Å². The summed E-state index contributed by atoms with van der Waals surface area (Å²) in [6.45, 7) is 7.73. The van der Waals surface area contributed by atoms with E-state index in [0.717, 1.165) is 33.9 Å². The maximum atomic E-state index is 6.30. The van der Waals surface area contributed by atoms with Crippen LogP contribution in [0.5, 0.6) is 0 Å². The molecular formula is C23H26N6. The van der Waals surface area contributed by atoms with Gasteiger partial charge in [-0.3, -0.25) is 4.98 Å². The zero-order valence-electron chi connectivity index (χ0n) is 17.0. The lowest BCUT2D eigenvalue weighted by atomic mass is 10.0. The molecule has 6 nitrogen and oxygen atoms in total. The summed E-state index contributed by atoms with van der Waals surface area (Å²) in [5.41, 5.74) is 12.6. The lowest BCUT2D eigenvalue weighted by molar-refractivity contribution is 0.719. The van der Waals surface area contributed by atoms with E-state index in [1.54, 1.807) is 17.0 Å². The summed E-state index contributed by atoms with van der Waals surface area (Å²) in [6.07, 6.45) is 9.44. The van der Waals surface area contributed by atoms with Gasteiger partial charge in [0, 0.05) is 18.8 Å². The summed E-state index contributed by atoms with van der Waals surface area (Å²) >= 11 is 0. The fraction of sp³-hybridized carbons (Fsp3) is 0.174. The Labute approximate surface area is 171 Å². The number of anilines is 2. The first-order valence-electron chi connectivity index (χ1n) is 9.40. The van der Waals surface area contributed by atoms with Gasteiger partial charge < -0.3 is 11.1 Å². The van der Waals surface area contributed by atoms with Crippen molar-refractivity contribution in [1.82, 2.24) is 20.0 Å². The summed E-state index contributed by atoms with van der Waals surface area (Å²) in [5.74, 6) is 0. The van der Waals surface area contributed by atoms with Crippen LogP contribution in [0.4, 0.5) is 11.4 Å². The lowest BCUT2D eigenvalue weighted by Crippen LogP contribution is -2.15. The van der Waals surface area contributed by atoms with Gasteiger partial charge in [-0.15, -0.1) is 5.10 Å². The van der Waals surface area contributed by atoms with Crippen LogP contribution >= 0.6 is 0 Å². The van der Waals surface area contributed by atoms with Gasteiger partial charge in [0.25, 0.3) is 0 Å². The fourth-order valence-electron chi connectivity index (χ4n) is 3.19. The van der Waals surface area contributed by atoms with Crippen molar-refractivity contribution >= 4 is 11.4 Å². The first-order valence-corrected chi connectivity index (χ1v) is 9.40. The Morgan fingerprint density at radius 3 is 2.72 bits per heavy atom. The minimum Gasteiger partial charge on any atom is -0.397 e. The predicted octanol–water partition coefficient (Wildman–Crippen LogP) is 4.61. The maximum Gasteiger partial charge on any atom is 0.0912 e. The smallest absolute Gasteiger partial charge is 0.0912 e. The molecule has 2 aromatic heterocycles. The lowest BCUT2D eigenvalue weighted by Gasteiger charge is -2.22. The number of allylic oxidation sites excluding steroid dienone is 4. The highest BCUT2D eigenvalue weighted by Crippen LogP contribution is 2.32. The molecule has 1 unspecified atom stereocenters. The second-order valence-corrected chi connectivity index (χ2v) is 6.81. The molecule has 0 aliphatic carbocycles. The molecule has 3 N–H and O–H groups in total. The van der Waals surface area contributed by atoms with Crippen molar-refractivity contribution in [1.29, 1.82) is 0 Å². The van der Waals surface area contributed by atoms with Crippen LogP contribution in [0.1, 0.15) is 24.4 Å². The summed E-state index contributed by atoms with van der Waals surface area (Å²) in [4.78, 5) is 4.54. The van der Waals surface area contributed by atoms with Crippen LogP contribution in [0.25, 0.3) is 11.3 Å². The molecule has 0 bridgehead atoms. The van der Waals surface area contributed by atoms with Gasteiger partial charge in [-0.1, -0.05) is 48.2 Å². The summed E-state index contributed by atoms with van der Waals surface area (Å²) in [7, 11) is 1.88. The molecule has 0 saturated heterocycles. The number of aryl methyl sites for hydroxylation is 2. The monoisotopic (exact) mass is 386 g/mol. The normalized spacial score (nSPS) is 12.9. The number of aromatic nitrogens is 4. The number of hydrogen-bond donors (Lipinski definition) is 2. The molecule has 6 heteroatoms. The summed E-state index contributed by atoms with van der Waals surface area (Å²) in [6, 6.07) is 11.7. The molecule has 2 heterocycles. The maximum absolute atomic E-state index is 6.30. The number of nitrogens with one attached hydrogen (secondary N) is 1. The fourth-order valence-corrected chi connectivity index (χ4v) is 3.19. The first-order chi connectivity index (χ1) is 14.0. The molecule has 3 rings (SSSR count). The minimum atomic E-state index is -0.131. The van der Waals surface area contributed by atoms with Crippen molar-refractivity contribution in [2.45, 2.75) is 19.9 Å². The van der Waals surface area contributed by atoms with Crippen LogP contribution in [0, 0.1) is 6.92 Å². The molecule has 29 heavy (non-hydrogen) atoms. The minimum absolute atomic E-state index is 0.131. The van der Waals surface area contributed by atoms with E-state index in [1.165, 1.54) is 0 Å². The van der Waals surface area contributed by atoms with Crippen molar-refractivity contribution in [3.63, 3.8) is 0 Å². The van der Waals surface area contributed by atoms with Crippen molar-refractivity contribution in [2.24, 2.45) is 7.05 Å². The van der Waals surface area contributed by atoms with E-state index in [9.17, 15) is 0 Å². The second-order valence-electron chi connectivity index (χ2n) is 6.81. The van der Waals surface area contributed by atoms with E-state index < -0.39 is 0 Å². The molecular weight excluding hydrogens is 360 g/mol. The molecule has 3 aromatic rings. The standard InChI is InChI=1S/C23H26N6/c1-5-6-7-10-16(2)22(20-11-8-9-14-25-20)26-21-15-18(12-13-19(21)24)23-17(3)27-28-29(23)4/h5-15,22,26H,1,24H2,2-4H3/b7-6-,16-10+. The highest BCUT2D eigenvalue weighted by atomic mass is 15.4. The molecule has 1 aromatic carbocycles.